The lowest BCUT2D eigenvalue weighted by Crippen LogP contribution is -2.35. The molecular weight excluding hydrogens is 402 g/mol. The molecular formula is C26H31N3O3. The lowest BCUT2D eigenvalue weighted by molar-refractivity contribution is -0.137. The summed E-state index contributed by atoms with van der Waals surface area (Å²) in [6.07, 6.45) is 2.45. The van der Waals surface area contributed by atoms with Crippen LogP contribution in [0.4, 0.5) is 11.4 Å². The SMILES string of the molecule is CCOc1ccc(C2=C(Nc3ccc(N4CCCC4)cc3)C(=O)N(CC(C)C)C2=O)cc1. The van der Waals surface area contributed by atoms with Crippen LogP contribution < -0.4 is 15.0 Å². The second kappa shape index (κ2) is 9.47. The van der Waals surface area contributed by atoms with Crippen LogP contribution in [0.25, 0.3) is 5.57 Å². The van der Waals surface area contributed by atoms with Crippen LogP contribution in [-0.2, 0) is 9.59 Å². The maximum atomic E-state index is 13.3. The lowest BCUT2D eigenvalue weighted by atomic mass is 10.0. The van der Waals surface area contributed by atoms with Crippen LogP contribution >= 0.6 is 0 Å². The Balaban J connectivity index is 1.65. The first-order valence-corrected chi connectivity index (χ1v) is 11.4. The number of anilines is 2. The Morgan fingerprint density at radius 1 is 0.938 bits per heavy atom. The van der Waals surface area contributed by atoms with Gasteiger partial charge in [-0.1, -0.05) is 26.0 Å². The van der Waals surface area contributed by atoms with Gasteiger partial charge in [0.2, 0.25) is 0 Å². The van der Waals surface area contributed by atoms with E-state index in [9.17, 15) is 9.59 Å². The molecule has 0 unspecified atom stereocenters. The molecule has 168 valence electrons. The average molecular weight is 434 g/mol. The van der Waals surface area contributed by atoms with E-state index in [-0.39, 0.29) is 17.7 Å². The smallest absolute Gasteiger partial charge is 0.278 e. The van der Waals surface area contributed by atoms with Crippen molar-refractivity contribution in [2.45, 2.75) is 33.6 Å². The maximum absolute atomic E-state index is 13.3. The highest BCUT2D eigenvalue weighted by Crippen LogP contribution is 2.32. The minimum Gasteiger partial charge on any atom is -0.494 e. The number of carbonyl (C=O) groups excluding carboxylic acids is 2. The zero-order valence-electron chi connectivity index (χ0n) is 19.1. The number of benzene rings is 2. The number of imide groups is 1. The Labute approximate surface area is 189 Å². The minimum atomic E-state index is -0.281. The van der Waals surface area contributed by atoms with Crippen molar-refractivity contribution in [3.8, 4) is 5.75 Å². The Kier molecular flexibility index (Phi) is 6.49. The van der Waals surface area contributed by atoms with Crippen molar-refractivity contribution in [1.82, 2.24) is 4.90 Å². The van der Waals surface area contributed by atoms with Gasteiger partial charge in [-0.3, -0.25) is 14.5 Å². The molecule has 1 saturated heterocycles. The molecule has 2 aliphatic heterocycles. The fraction of sp³-hybridized carbons (Fsp3) is 0.385. The van der Waals surface area contributed by atoms with E-state index >= 15 is 0 Å². The number of nitrogens with zero attached hydrogens (tertiary/aromatic N) is 2. The van der Waals surface area contributed by atoms with Gasteiger partial charge in [0, 0.05) is 31.0 Å². The lowest BCUT2D eigenvalue weighted by Gasteiger charge is -2.18. The number of hydrogen-bond donors (Lipinski definition) is 1. The number of amides is 2. The number of hydrogen-bond acceptors (Lipinski definition) is 5. The molecule has 0 radical (unpaired) electrons. The van der Waals surface area contributed by atoms with Gasteiger partial charge in [0.25, 0.3) is 11.8 Å². The third kappa shape index (κ3) is 4.49. The number of rotatable bonds is 8. The molecule has 6 heteroatoms. The third-order valence-corrected chi connectivity index (χ3v) is 5.78. The van der Waals surface area contributed by atoms with Crippen molar-refractivity contribution in [3.05, 3.63) is 59.8 Å². The van der Waals surface area contributed by atoms with Crippen LogP contribution in [0.2, 0.25) is 0 Å². The van der Waals surface area contributed by atoms with E-state index in [4.69, 9.17) is 4.74 Å². The van der Waals surface area contributed by atoms with Crippen molar-refractivity contribution in [2.24, 2.45) is 5.92 Å². The van der Waals surface area contributed by atoms with Gasteiger partial charge in [0.05, 0.1) is 12.2 Å². The number of carbonyl (C=O) groups is 2. The molecule has 6 nitrogen and oxygen atoms in total. The van der Waals surface area contributed by atoms with E-state index in [1.807, 2.05) is 57.2 Å². The van der Waals surface area contributed by atoms with E-state index in [1.54, 1.807) is 0 Å². The summed E-state index contributed by atoms with van der Waals surface area (Å²) in [6, 6.07) is 15.4. The van der Waals surface area contributed by atoms with Gasteiger partial charge < -0.3 is 15.0 Å². The summed E-state index contributed by atoms with van der Waals surface area (Å²) in [5, 5.41) is 3.25. The zero-order chi connectivity index (χ0) is 22.7. The van der Waals surface area contributed by atoms with E-state index in [1.165, 1.54) is 23.4 Å². The van der Waals surface area contributed by atoms with Crippen molar-refractivity contribution < 1.29 is 14.3 Å². The Bertz CT molecular complexity index is 1000. The molecule has 0 spiro atoms. The van der Waals surface area contributed by atoms with Gasteiger partial charge in [0.1, 0.15) is 11.4 Å². The Morgan fingerprint density at radius 3 is 2.19 bits per heavy atom. The van der Waals surface area contributed by atoms with Gasteiger partial charge >= 0.3 is 0 Å². The topological polar surface area (TPSA) is 61.9 Å². The third-order valence-electron chi connectivity index (χ3n) is 5.78. The molecule has 1 N–H and O–H groups in total. The molecule has 1 fully saturated rings. The van der Waals surface area contributed by atoms with Gasteiger partial charge in [-0.25, -0.2) is 0 Å². The van der Waals surface area contributed by atoms with Crippen LogP contribution in [0.5, 0.6) is 5.75 Å². The summed E-state index contributed by atoms with van der Waals surface area (Å²) in [5.41, 5.74) is 3.41. The molecule has 0 aromatic heterocycles. The standard InChI is InChI=1S/C26H31N3O3/c1-4-32-22-13-7-19(8-14-22)23-24(26(31)29(25(23)30)17-18(2)3)27-20-9-11-21(12-10-20)28-15-5-6-16-28/h7-14,18,27H,4-6,15-17H2,1-3H3. The summed E-state index contributed by atoms with van der Waals surface area (Å²) in [4.78, 5) is 30.2. The normalized spacial score (nSPS) is 16.5. The molecule has 32 heavy (non-hydrogen) atoms. The molecule has 0 atom stereocenters. The minimum absolute atomic E-state index is 0.184. The van der Waals surface area contributed by atoms with E-state index < -0.39 is 0 Å². The van der Waals surface area contributed by atoms with Crippen molar-refractivity contribution in [2.75, 3.05) is 36.5 Å². The van der Waals surface area contributed by atoms with Crippen molar-refractivity contribution >= 4 is 28.8 Å². The van der Waals surface area contributed by atoms with E-state index in [0.29, 0.717) is 30.0 Å². The molecule has 0 bridgehead atoms. The molecule has 0 aliphatic carbocycles. The highest BCUT2D eigenvalue weighted by molar-refractivity contribution is 6.36. The summed E-state index contributed by atoms with van der Waals surface area (Å²) >= 11 is 0. The Hall–Kier alpha value is -3.28. The molecule has 0 saturated carbocycles. The largest absolute Gasteiger partial charge is 0.494 e. The van der Waals surface area contributed by atoms with Gasteiger partial charge in [-0.2, -0.15) is 0 Å². The molecule has 2 aromatic carbocycles. The van der Waals surface area contributed by atoms with Gasteiger partial charge in [0.15, 0.2) is 0 Å². The van der Waals surface area contributed by atoms with Crippen LogP contribution in [0.15, 0.2) is 54.2 Å². The van der Waals surface area contributed by atoms with E-state index in [0.717, 1.165) is 24.5 Å². The van der Waals surface area contributed by atoms with Crippen molar-refractivity contribution in [1.29, 1.82) is 0 Å². The van der Waals surface area contributed by atoms with Crippen LogP contribution in [0.1, 0.15) is 39.2 Å². The van der Waals surface area contributed by atoms with Crippen LogP contribution in [-0.4, -0.2) is 43.0 Å². The molecule has 2 heterocycles. The van der Waals surface area contributed by atoms with Gasteiger partial charge in [-0.15, -0.1) is 0 Å². The molecule has 4 rings (SSSR count). The zero-order valence-corrected chi connectivity index (χ0v) is 19.1. The first-order valence-electron chi connectivity index (χ1n) is 11.4. The second-order valence-corrected chi connectivity index (χ2v) is 8.69. The van der Waals surface area contributed by atoms with Gasteiger partial charge in [-0.05, 0) is 67.6 Å². The molecule has 2 amide bonds. The molecule has 2 aliphatic rings. The predicted molar refractivity (Wildman–Crippen MR) is 128 cm³/mol. The summed E-state index contributed by atoms with van der Waals surface area (Å²) in [6.45, 7) is 9.04. The van der Waals surface area contributed by atoms with Crippen molar-refractivity contribution in [3.63, 3.8) is 0 Å². The first-order chi connectivity index (χ1) is 15.5. The highest BCUT2D eigenvalue weighted by Gasteiger charge is 2.39. The summed E-state index contributed by atoms with van der Waals surface area (Å²) in [7, 11) is 0. The second-order valence-electron chi connectivity index (χ2n) is 8.69. The number of nitrogens with one attached hydrogen (secondary N) is 1. The fourth-order valence-corrected chi connectivity index (χ4v) is 4.25. The van der Waals surface area contributed by atoms with E-state index in [2.05, 4.69) is 22.3 Å². The number of ether oxygens (including phenoxy) is 1. The van der Waals surface area contributed by atoms with Crippen LogP contribution in [0, 0.1) is 5.92 Å². The Morgan fingerprint density at radius 2 is 1.59 bits per heavy atom. The predicted octanol–water partition coefficient (Wildman–Crippen LogP) is 4.53. The van der Waals surface area contributed by atoms with Crippen LogP contribution in [0.3, 0.4) is 0 Å². The quantitative estimate of drug-likeness (QED) is 0.620. The average Bonchev–Trinajstić information content (AvgIpc) is 3.39. The molecule has 2 aromatic rings. The maximum Gasteiger partial charge on any atom is 0.278 e. The highest BCUT2D eigenvalue weighted by atomic mass is 16.5. The fourth-order valence-electron chi connectivity index (χ4n) is 4.25. The summed E-state index contributed by atoms with van der Waals surface area (Å²) < 4.78 is 5.52. The summed E-state index contributed by atoms with van der Waals surface area (Å²) in [5.74, 6) is 0.378. The first kappa shape index (κ1) is 21.9. The monoisotopic (exact) mass is 433 g/mol.